The predicted octanol–water partition coefficient (Wildman–Crippen LogP) is 2.15. The van der Waals surface area contributed by atoms with Crippen LogP contribution in [0.15, 0.2) is 24.3 Å². The summed E-state index contributed by atoms with van der Waals surface area (Å²) < 4.78 is 5.74. The van der Waals surface area contributed by atoms with Gasteiger partial charge in [0.05, 0.1) is 23.8 Å². The minimum absolute atomic E-state index is 0.343. The molecule has 1 N–H and O–H groups in total. The highest BCUT2D eigenvalue weighted by atomic mass is 16.5. The average Bonchev–Trinajstić information content (AvgIpc) is 2.46. The molecule has 2 rings (SSSR count). The zero-order valence-corrected chi connectivity index (χ0v) is 13.0. The van der Waals surface area contributed by atoms with Gasteiger partial charge in [0.1, 0.15) is 0 Å². The quantitative estimate of drug-likeness (QED) is 0.815. The highest BCUT2D eigenvalue weighted by molar-refractivity contribution is 5.32. The van der Waals surface area contributed by atoms with Gasteiger partial charge in [-0.15, -0.1) is 0 Å². The molecule has 114 valence electrons. The summed E-state index contributed by atoms with van der Waals surface area (Å²) in [7, 11) is 0. The van der Waals surface area contributed by atoms with Crippen molar-refractivity contribution in [3.8, 4) is 6.07 Å². The Morgan fingerprint density at radius 1 is 1.33 bits per heavy atom. The molecule has 1 aromatic carbocycles. The van der Waals surface area contributed by atoms with E-state index in [9.17, 15) is 0 Å². The molecule has 4 nitrogen and oxygen atoms in total. The Hall–Kier alpha value is -1.41. The molecule has 2 atom stereocenters. The summed E-state index contributed by atoms with van der Waals surface area (Å²) >= 11 is 0. The lowest BCUT2D eigenvalue weighted by molar-refractivity contribution is -0.0680. The lowest BCUT2D eigenvalue weighted by atomic mass is 10.1. The summed E-state index contributed by atoms with van der Waals surface area (Å²) in [5.74, 6) is 0. The van der Waals surface area contributed by atoms with Gasteiger partial charge in [-0.1, -0.05) is 12.1 Å². The van der Waals surface area contributed by atoms with E-state index in [1.807, 2.05) is 18.2 Å². The van der Waals surface area contributed by atoms with Crippen LogP contribution in [-0.4, -0.2) is 43.3 Å². The van der Waals surface area contributed by atoms with E-state index < -0.39 is 0 Å². The van der Waals surface area contributed by atoms with Crippen molar-refractivity contribution in [1.82, 2.24) is 10.2 Å². The van der Waals surface area contributed by atoms with Gasteiger partial charge >= 0.3 is 0 Å². The minimum Gasteiger partial charge on any atom is -0.373 e. The van der Waals surface area contributed by atoms with Crippen molar-refractivity contribution in [2.75, 3.05) is 26.2 Å². The number of hydrogen-bond donors (Lipinski definition) is 1. The molecule has 0 bridgehead atoms. The molecular weight excluding hydrogens is 262 g/mol. The molecule has 0 aromatic heterocycles. The Labute approximate surface area is 127 Å². The van der Waals surface area contributed by atoms with Gasteiger partial charge in [-0.2, -0.15) is 5.26 Å². The normalized spacial score (nSPS) is 22.9. The van der Waals surface area contributed by atoms with Crippen molar-refractivity contribution < 1.29 is 4.74 Å². The van der Waals surface area contributed by atoms with Crippen LogP contribution in [0.1, 0.15) is 31.4 Å². The topological polar surface area (TPSA) is 48.3 Å². The number of benzene rings is 1. The van der Waals surface area contributed by atoms with Gasteiger partial charge in [-0.25, -0.2) is 0 Å². The SMILES string of the molecule is CC1CN(CCCNCc2cccc(C#N)c2)CC(C)O1. The molecule has 0 amide bonds. The predicted molar refractivity (Wildman–Crippen MR) is 83.9 cm³/mol. The maximum absolute atomic E-state index is 8.87. The molecule has 1 aromatic rings. The Morgan fingerprint density at radius 2 is 2.10 bits per heavy atom. The maximum atomic E-state index is 8.87. The van der Waals surface area contributed by atoms with E-state index in [1.165, 1.54) is 5.56 Å². The molecule has 1 saturated heterocycles. The first-order valence-electron chi connectivity index (χ1n) is 7.75. The van der Waals surface area contributed by atoms with Gasteiger partial charge < -0.3 is 10.1 Å². The van der Waals surface area contributed by atoms with Crippen LogP contribution in [0.5, 0.6) is 0 Å². The molecule has 1 heterocycles. The van der Waals surface area contributed by atoms with Gasteiger partial charge in [0.2, 0.25) is 0 Å². The van der Waals surface area contributed by atoms with Crippen molar-refractivity contribution in [1.29, 1.82) is 5.26 Å². The van der Waals surface area contributed by atoms with Crippen LogP contribution in [0.3, 0.4) is 0 Å². The summed E-state index contributed by atoms with van der Waals surface area (Å²) in [5, 5.41) is 12.3. The van der Waals surface area contributed by atoms with E-state index in [0.29, 0.717) is 12.2 Å². The molecule has 4 heteroatoms. The number of hydrogen-bond acceptors (Lipinski definition) is 4. The molecular formula is C17H25N3O. The third-order valence-corrected chi connectivity index (χ3v) is 3.71. The summed E-state index contributed by atoms with van der Waals surface area (Å²) in [4.78, 5) is 2.48. The Balaban J connectivity index is 1.62. The Bertz CT molecular complexity index is 473. The van der Waals surface area contributed by atoms with Crippen molar-refractivity contribution >= 4 is 0 Å². The summed E-state index contributed by atoms with van der Waals surface area (Å²) in [6.07, 6.45) is 1.82. The van der Waals surface area contributed by atoms with Crippen molar-refractivity contribution in [2.24, 2.45) is 0 Å². The highest BCUT2D eigenvalue weighted by Gasteiger charge is 2.21. The molecule has 0 radical (unpaired) electrons. The lowest BCUT2D eigenvalue weighted by Crippen LogP contribution is -2.46. The average molecular weight is 287 g/mol. The number of nitriles is 1. The van der Waals surface area contributed by atoms with Crippen LogP contribution in [0, 0.1) is 11.3 Å². The molecule has 21 heavy (non-hydrogen) atoms. The molecule has 1 fully saturated rings. The second-order valence-corrected chi connectivity index (χ2v) is 5.86. The number of nitrogens with zero attached hydrogens (tertiary/aromatic N) is 2. The maximum Gasteiger partial charge on any atom is 0.0991 e. The van der Waals surface area contributed by atoms with Crippen molar-refractivity contribution in [2.45, 2.75) is 39.0 Å². The summed E-state index contributed by atoms with van der Waals surface area (Å²) in [6, 6.07) is 9.95. The fourth-order valence-electron chi connectivity index (χ4n) is 2.88. The van der Waals surface area contributed by atoms with Crippen LogP contribution >= 0.6 is 0 Å². The fraction of sp³-hybridized carbons (Fsp3) is 0.588. The van der Waals surface area contributed by atoms with E-state index in [1.54, 1.807) is 0 Å². The van der Waals surface area contributed by atoms with Crippen LogP contribution in [0.4, 0.5) is 0 Å². The van der Waals surface area contributed by atoms with Crippen molar-refractivity contribution in [3.63, 3.8) is 0 Å². The van der Waals surface area contributed by atoms with E-state index in [0.717, 1.165) is 44.7 Å². The van der Waals surface area contributed by atoms with Gasteiger partial charge in [-0.05, 0) is 51.1 Å². The smallest absolute Gasteiger partial charge is 0.0991 e. The molecule has 1 aliphatic rings. The van der Waals surface area contributed by atoms with Crippen LogP contribution in [-0.2, 0) is 11.3 Å². The number of ether oxygens (including phenoxy) is 1. The third kappa shape index (κ3) is 5.47. The van der Waals surface area contributed by atoms with Gasteiger partial charge in [0, 0.05) is 19.6 Å². The first kappa shape index (κ1) is 16.0. The number of morpholine rings is 1. The fourth-order valence-corrected chi connectivity index (χ4v) is 2.88. The van der Waals surface area contributed by atoms with E-state index in [4.69, 9.17) is 10.00 Å². The van der Waals surface area contributed by atoms with E-state index in [2.05, 4.69) is 36.2 Å². The molecule has 0 saturated carbocycles. The van der Waals surface area contributed by atoms with E-state index >= 15 is 0 Å². The highest BCUT2D eigenvalue weighted by Crippen LogP contribution is 2.10. The number of rotatable bonds is 6. The Morgan fingerprint density at radius 3 is 2.81 bits per heavy atom. The van der Waals surface area contributed by atoms with Crippen LogP contribution in [0.2, 0.25) is 0 Å². The van der Waals surface area contributed by atoms with Gasteiger partial charge in [0.15, 0.2) is 0 Å². The lowest BCUT2D eigenvalue weighted by Gasteiger charge is -2.35. The van der Waals surface area contributed by atoms with Crippen molar-refractivity contribution in [3.05, 3.63) is 35.4 Å². The first-order valence-corrected chi connectivity index (χ1v) is 7.75. The molecule has 0 spiro atoms. The van der Waals surface area contributed by atoms with Gasteiger partial charge in [0.25, 0.3) is 0 Å². The standard InChI is InChI=1S/C17H25N3O/c1-14-12-20(13-15(2)21-14)8-4-7-19-11-17-6-3-5-16(9-17)10-18/h3,5-6,9,14-15,19H,4,7-8,11-13H2,1-2H3. The summed E-state index contributed by atoms with van der Waals surface area (Å²) in [6.45, 7) is 9.29. The molecule has 0 aliphatic carbocycles. The van der Waals surface area contributed by atoms with Gasteiger partial charge in [-0.3, -0.25) is 4.90 Å². The third-order valence-electron chi connectivity index (χ3n) is 3.71. The van der Waals surface area contributed by atoms with Crippen LogP contribution < -0.4 is 5.32 Å². The second-order valence-electron chi connectivity index (χ2n) is 5.86. The summed E-state index contributed by atoms with van der Waals surface area (Å²) in [5.41, 5.74) is 1.90. The zero-order chi connectivity index (χ0) is 15.1. The number of nitrogens with one attached hydrogen (secondary N) is 1. The van der Waals surface area contributed by atoms with Crippen LogP contribution in [0.25, 0.3) is 0 Å². The molecule has 1 aliphatic heterocycles. The molecule has 2 unspecified atom stereocenters. The monoisotopic (exact) mass is 287 g/mol. The van der Waals surface area contributed by atoms with E-state index in [-0.39, 0.29) is 0 Å². The zero-order valence-electron chi connectivity index (χ0n) is 13.0. The second kappa shape index (κ2) is 8.14. The largest absolute Gasteiger partial charge is 0.373 e. The Kier molecular flexibility index (Phi) is 6.19. The minimum atomic E-state index is 0.343. The first-order chi connectivity index (χ1) is 10.2.